The smallest absolute Gasteiger partial charge is 0.407 e. The van der Waals surface area contributed by atoms with E-state index >= 15 is 0 Å². The number of hydrogen-bond donors (Lipinski definition) is 2. The number of aliphatic imine (C=N–C) groups is 1. The average Bonchev–Trinajstić information content (AvgIpc) is 2.99. The van der Waals surface area contributed by atoms with Crippen molar-refractivity contribution in [3.05, 3.63) is 35.9 Å². The fourth-order valence-corrected chi connectivity index (χ4v) is 2.84. The first kappa shape index (κ1) is 19.1. The fourth-order valence-electron chi connectivity index (χ4n) is 2.84. The van der Waals surface area contributed by atoms with Crippen LogP contribution in [0.25, 0.3) is 0 Å². The molecular formula is C19H30N4O2. The summed E-state index contributed by atoms with van der Waals surface area (Å²) in [5.41, 5.74) is 0.827. The van der Waals surface area contributed by atoms with E-state index in [0.717, 1.165) is 38.4 Å². The second-order valence-corrected chi connectivity index (χ2v) is 7.29. The summed E-state index contributed by atoms with van der Waals surface area (Å²) >= 11 is 0. The third kappa shape index (κ3) is 6.64. The second kappa shape index (κ2) is 8.74. The van der Waals surface area contributed by atoms with Crippen molar-refractivity contribution in [2.45, 2.75) is 45.3 Å². The van der Waals surface area contributed by atoms with Crippen molar-refractivity contribution < 1.29 is 9.53 Å². The van der Waals surface area contributed by atoms with Crippen LogP contribution in [0.5, 0.6) is 0 Å². The Morgan fingerprint density at radius 3 is 2.68 bits per heavy atom. The maximum atomic E-state index is 11.9. The quantitative estimate of drug-likeness (QED) is 0.649. The van der Waals surface area contributed by atoms with Gasteiger partial charge < -0.3 is 20.3 Å². The van der Waals surface area contributed by atoms with E-state index in [1.54, 1.807) is 7.05 Å². The summed E-state index contributed by atoms with van der Waals surface area (Å²) in [7, 11) is 1.79. The van der Waals surface area contributed by atoms with Gasteiger partial charge in [0, 0.05) is 26.7 Å². The van der Waals surface area contributed by atoms with Gasteiger partial charge in [0.2, 0.25) is 0 Å². The van der Waals surface area contributed by atoms with Gasteiger partial charge in [-0.1, -0.05) is 30.3 Å². The standard InChI is InChI=1S/C19H30N4O2/c1-19(2,3)25-18(24)22-16-11-13-23(14-16)17(20-4)21-12-10-15-8-6-5-7-9-15/h5-9,16H,10-14H2,1-4H3,(H,20,21)(H,22,24). The van der Waals surface area contributed by atoms with Gasteiger partial charge in [0.25, 0.3) is 0 Å². The number of guanidine groups is 1. The molecule has 1 aliphatic heterocycles. The number of rotatable bonds is 4. The van der Waals surface area contributed by atoms with Crippen molar-refractivity contribution in [3.63, 3.8) is 0 Å². The van der Waals surface area contributed by atoms with E-state index in [1.165, 1.54) is 5.56 Å². The lowest BCUT2D eigenvalue weighted by atomic mass is 10.1. The van der Waals surface area contributed by atoms with Crippen LogP contribution < -0.4 is 10.6 Å². The Morgan fingerprint density at radius 1 is 1.32 bits per heavy atom. The van der Waals surface area contributed by atoms with Crippen LogP contribution in [0.4, 0.5) is 4.79 Å². The van der Waals surface area contributed by atoms with E-state index in [0.29, 0.717) is 0 Å². The molecule has 0 saturated carbocycles. The summed E-state index contributed by atoms with van der Waals surface area (Å²) in [6.07, 6.45) is 1.48. The molecule has 1 amide bonds. The molecule has 6 nitrogen and oxygen atoms in total. The molecule has 1 heterocycles. The minimum Gasteiger partial charge on any atom is -0.444 e. The number of amides is 1. The molecule has 6 heteroatoms. The van der Waals surface area contributed by atoms with Crippen LogP contribution in [-0.2, 0) is 11.2 Å². The summed E-state index contributed by atoms with van der Waals surface area (Å²) in [4.78, 5) is 18.4. The number of likely N-dealkylation sites (tertiary alicyclic amines) is 1. The average molecular weight is 346 g/mol. The van der Waals surface area contributed by atoms with Crippen LogP contribution in [0, 0.1) is 0 Å². The van der Waals surface area contributed by atoms with E-state index in [2.05, 4.69) is 44.8 Å². The van der Waals surface area contributed by atoms with Crippen LogP contribution >= 0.6 is 0 Å². The molecule has 2 N–H and O–H groups in total. The number of nitrogens with zero attached hydrogens (tertiary/aromatic N) is 2. The summed E-state index contributed by atoms with van der Waals surface area (Å²) in [6.45, 7) is 8.04. The highest BCUT2D eigenvalue weighted by Crippen LogP contribution is 2.12. The lowest BCUT2D eigenvalue weighted by Crippen LogP contribution is -2.44. The largest absolute Gasteiger partial charge is 0.444 e. The lowest BCUT2D eigenvalue weighted by molar-refractivity contribution is 0.0507. The number of hydrogen-bond acceptors (Lipinski definition) is 3. The van der Waals surface area contributed by atoms with Crippen LogP contribution in [-0.4, -0.2) is 55.3 Å². The van der Waals surface area contributed by atoms with Crippen LogP contribution in [0.3, 0.4) is 0 Å². The van der Waals surface area contributed by atoms with Crippen molar-refractivity contribution in [2.75, 3.05) is 26.7 Å². The molecule has 0 aromatic heterocycles. The number of benzene rings is 1. The van der Waals surface area contributed by atoms with E-state index in [9.17, 15) is 4.79 Å². The predicted octanol–water partition coefficient (Wildman–Crippen LogP) is 2.40. The van der Waals surface area contributed by atoms with Crippen molar-refractivity contribution in [1.29, 1.82) is 0 Å². The van der Waals surface area contributed by atoms with Crippen LogP contribution in [0.2, 0.25) is 0 Å². The highest BCUT2D eigenvalue weighted by Gasteiger charge is 2.27. The van der Waals surface area contributed by atoms with Gasteiger partial charge >= 0.3 is 6.09 Å². The van der Waals surface area contributed by atoms with E-state index in [1.807, 2.05) is 26.8 Å². The zero-order chi connectivity index (χ0) is 18.3. The molecule has 1 aromatic rings. The molecule has 0 spiro atoms. The normalized spacial score (nSPS) is 18.2. The maximum absolute atomic E-state index is 11.9. The zero-order valence-electron chi connectivity index (χ0n) is 15.7. The highest BCUT2D eigenvalue weighted by atomic mass is 16.6. The molecule has 1 aromatic carbocycles. The molecule has 0 aliphatic carbocycles. The van der Waals surface area contributed by atoms with Gasteiger partial charge in [-0.2, -0.15) is 0 Å². The summed E-state index contributed by atoms with van der Waals surface area (Å²) in [5.74, 6) is 0.879. The Labute approximate surface area is 150 Å². The van der Waals surface area contributed by atoms with Gasteiger partial charge in [-0.15, -0.1) is 0 Å². The Morgan fingerprint density at radius 2 is 2.04 bits per heavy atom. The SMILES string of the molecule is CN=C(NCCc1ccccc1)N1CCC(NC(=O)OC(C)(C)C)C1. The van der Waals surface area contributed by atoms with Gasteiger partial charge in [-0.3, -0.25) is 4.99 Å². The lowest BCUT2D eigenvalue weighted by Gasteiger charge is -2.23. The number of ether oxygens (including phenoxy) is 1. The second-order valence-electron chi connectivity index (χ2n) is 7.29. The number of carbonyl (C=O) groups excluding carboxylic acids is 1. The Kier molecular flexibility index (Phi) is 6.67. The molecule has 1 atom stereocenters. The first-order valence-electron chi connectivity index (χ1n) is 8.86. The minimum absolute atomic E-state index is 0.0857. The maximum Gasteiger partial charge on any atom is 0.407 e. The van der Waals surface area contributed by atoms with Crippen molar-refractivity contribution in [1.82, 2.24) is 15.5 Å². The van der Waals surface area contributed by atoms with E-state index < -0.39 is 5.60 Å². The Balaban J connectivity index is 1.76. The molecule has 138 valence electrons. The topological polar surface area (TPSA) is 66.0 Å². The van der Waals surface area contributed by atoms with Gasteiger partial charge in [0.1, 0.15) is 5.60 Å². The molecule has 1 unspecified atom stereocenters. The monoisotopic (exact) mass is 346 g/mol. The Bertz CT molecular complexity index is 581. The van der Waals surface area contributed by atoms with Gasteiger partial charge in [-0.25, -0.2) is 4.79 Å². The third-order valence-corrected chi connectivity index (χ3v) is 3.96. The van der Waals surface area contributed by atoms with Crippen molar-refractivity contribution >= 4 is 12.1 Å². The summed E-state index contributed by atoms with van der Waals surface area (Å²) in [5, 5.41) is 6.34. The molecule has 1 aliphatic rings. The molecule has 1 saturated heterocycles. The predicted molar refractivity (Wildman–Crippen MR) is 101 cm³/mol. The van der Waals surface area contributed by atoms with E-state index in [4.69, 9.17) is 4.74 Å². The highest BCUT2D eigenvalue weighted by molar-refractivity contribution is 5.80. The van der Waals surface area contributed by atoms with Gasteiger partial charge in [-0.05, 0) is 39.2 Å². The first-order chi connectivity index (χ1) is 11.9. The van der Waals surface area contributed by atoms with Gasteiger partial charge in [0.05, 0.1) is 6.04 Å². The minimum atomic E-state index is -0.475. The van der Waals surface area contributed by atoms with Crippen LogP contribution in [0.15, 0.2) is 35.3 Å². The van der Waals surface area contributed by atoms with Gasteiger partial charge in [0.15, 0.2) is 5.96 Å². The molecule has 0 radical (unpaired) electrons. The molecule has 0 bridgehead atoms. The van der Waals surface area contributed by atoms with Crippen molar-refractivity contribution in [3.8, 4) is 0 Å². The molecule has 1 fully saturated rings. The molecule has 2 rings (SSSR count). The first-order valence-corrected chi connectivity index (χ1v) is 8.86. The van der Waals surface area contributed by atoms with Crippen molar-refractivity contribution in [2.24, 2.45) is 4.99 Å². The molecular weight excluding hydrogens is 316 g/mol. The van der Waals surface area contributed by atoms with Crippen LogP contribution in [0.1, 0.15) is 32.8 Å². The number of nitrogens with one attached hydrogen (secondary N) is 2. The third-order valence-electron chi connectivity index (χ3n) is 3.96. The number of carbonyl (C=O) groups is 1. The summed E-state index contributed by atoms with van der Waals surface area (Å²) in [6, 6.07) is 10.5. The summed E-state index contributed by atoms with van der Waals surface area (Å²) < 4.78 is 5.32. The zero-order valence-corrected chi connectivity index (χ0v) is 15.7. The van der Waals surface area contributed by atoms with E-state index in [-0.39, 0.29) is 12.1 Å². The fraction of sp³-hybridized carbons (Fsp3) is 0.579. The Hall–Kier alpha value is -2.24. The number of alkyl carbamates (subject to hydrolysis) is 1. The molecule has 25 heavy (non-hydrogen) atoms.